The van der Waals surface area contributed by atoms with Crippen molar-refractivity contribution in [1.82, 2.24) is 4.98 Å². The first-order valence-corrected chi connectivity index (χ1v) is 6.67. The predicted molar refractivity (Wildman–Crippen MR) is 79.4 cm³/mol. The van der Waals surface area contributed by atoms with Crippen LogP contribution in [0.5, 0.6) is 5.75 Å². The Hall–Kier alpha value is -2.36. The zero-order valence-corrected chi connectivity index (χ0v) is 11.5. The van der Waals surface area contributed by atoms with Crippen LogP contribution in [0.3, 0.4) is 0 Å². The third-order valence-electron chi connectivity index (χ3n) is 3.00. The van der Waals surface area contributed by atoms with Crippen molar-refractivity contribution in [3.63, 3.8) is 0 Å². The van der Waals surface area contributed by atoms with Gasteiger partial charge in [0, 0.05) is 18.3 Å². The van der Waals surface area contributed by atoms with E-state index >= 15 is 0 Å². The Labute approximate surface area is 119 Å². The van der Waals surface area contributed by atoms with Crippen molar-refractivity contribution in [3.8, 4) is 5.75 Å². The fourth-order valence-corrected chi connectivity index (χ4v) is 1.89. The van der Waals surface area contributed by atoms with E-state index in [-0.39, 0.29) is 0 Å². The van der Waals surface area contributed by atoms with E-state index in [1.54, 1.807) is 30.5 Å². The number of rotatable bonds is 7. The number of likely N-dealkylation sites (N-methyl/N-ethyl adjacent to an activating group) is 1. The standard InChI is InChI=1S/C16H18N2O2/c1-2-18(16-5-3-4-10-17-16)11-12-20-15-8-6-14(13-19)7-9-15/h3-10,13H,2,11-12H2,1H3. The Bertz CT molecular complexity index is 526. The second-order valence-electron chi connectivity index (χ2n) is 4.30. The zero-order chi connectivity index (χ0) is 14.2. The van der Waals surface area contributed by atoms with E-state index in [0.717, 1.165) is 30.9 Å². The summed E-state index contributed by atoms with van der Waals surface area (Å²) >= 11 is 0. The van der Waals surface area contributed by atoms with E-state index in [1.165, 1.54) is 0 Å². The van der Waals surface area contributed by atoms with Gasteiger partial charge in [0.15, 0.2) is 0 Å². The van der Waals surface area contributed by atoms with Crippen LogP contribution in [0.25, 0.3) is 0 Å². The number of anilines is 1. The molecule has 20 heavy (non-hydrogen) atoms. The molecule has 0 atom stereocenters. The van der Waals surface area contributed by atoms with Crippen molar-refractivity contribution in [1.29, 1.82) is 0 Å². The summed E-state index contributed by atoms with van der Waals surface area (Å²) in [5.41, 5.74) is 0.654. The first-order valence-electron chi connectivity index (χ1n) is 6.67. The number of carbonyl (C=O) groups is 1. The van der Waals surface area contributed by atoms with E-state index in [1.807, 2.05) is 18.2 Å². The molecule has 0 fully saturated rings. The predicted octanol–water partition coefficient (Wildman–Crippen LogP) is 2.80. The maximum atomic E-state index is 10.6. The number of nitrogens with zero attached hydrogens (tertiary/aromatic N) is 2. The summed E-state index contributed by atoms with van der Waals surface area (Å²) in [6.45, 7) is 4.31. The molecule has 0 N–H and O–H groups in total. The number of aldehydes is 1. The Morgan fingerprint density at radius 1 is 1.20 bits per heavy atom. The van der Waals surface area contributed by atoms with Gasteiger partial charge in [-0.2, -0.15) is 0 Å². The lowest BCUT2D eigenvalue weighted by Gasteiger charge is -2.21. The average Bonchev–Trinajstić information content (AvgIpc) is 2.53. The molecule has 0 saturated carbocycles. The number of benzene rings is 1. The second-order valence-corrected chi connectivity index (χ2v) is 4.30. The topological polar surface area (TPSA) is 42.4 Å². The van der Waals surface area contributed by atoms with Crippen molar-refractivity contribution in [2.24, 2.45) is 0 Å². The molecule has 1 aromatic heterocycles. The molecule has 2 aromatic rings. The highest BCUT2D eigenvalue weighted by atomic mass is 16.5. The first kappa shape index (κ1) is 14.1. The average molecular weight is 270 g/mol. The molecule has 1 aromatic carbocycles. The summed E-state index contributed by atoms with van der Waals surface area (Å²) in [6, 6.07) is 13.0. The second kappa shape index (κ2) is 7.28. The van der Waals surface area contributed by atoms with Crippen LogP contribution >= 0.6 is 0 Å². The van der Waals surface area contributed by atoms with Gasteiger partial charge in [-0.1, -0.05) is 6.07 Å². The van der Waals surface area contributed by atoms with Crippen molar-refractivity contribution in [3.05, 3.63) is 54.2 Å². The van der Waals surface area contributed by atoms with Gasteiger partial charge < -0.3 is 9.64 Å². The maximum absolute atomic E-state index is 10.6. The Kier molecular flexibility index (Phi) is 5.12. The lowest BCUT2D eigenvalue weighted by Crippen LogP contribution is -2.28. The summed E-state index contributed by atoms with van der Waals surface area (Å²) in [6.07, 6.45) is 2.61. The van der Waals surface area contributed by atoms with Crippen LogP contribution in [0.1, 0.15) is 17.3 Å². The van der Waals surface area contributed by atoms with Gasteiger partial charge in [0.05, 0.1) is 6.54 Å². The van der Waals surface area contributed by atoms with E-state index in [4.69, 9.17) is 4.74 Å². The number of ether oxygens (including phenoxy) is 1. The maximum Gasteiger partial charge on any atom is 0.150 e. The van der Waals surface area contributed by atoms with E-state index in [0.29, 0.717) is 12.2 Å². The molecule has 0 spiro atoms. The number of carbonyl (C=O) groups excluding carboxylic acids is 1. The van der Waals surface area contributed by atoms with Gasteiger partial charge >= 0.3 is 0 Å². The highest BCUT2D eigenvalue weighted by Gasteiger charge is 2.04. The molecule has 0 unspecified atom stereocenters. The van der Waals surface area contributed by atoms with Gasteiger partial charge in [-0.15, -0.1) is 0 Å². The smallest absolute Gasteiger partial charge is 0.150 e. The SMILES string of the molecule is CCN(CCOc1ccc(C=O)cc1)c1ccccn1. The molecule has 0 aliphatic heterocycles. The van der Waals surface area contributed by atoms with E-state index in [9.17, 15) is 4.79 Å². The van der Waals surface area contributed by atoms with E-state index in [2.05, 4.69) is 16.8 Å². The van der Waals surface area contributed by atoms with Crippen LogP contribution in [0.4, 0.5) is 5.82 Å². The van der Waals surface area contributed by atoms with Crippen LogP contribution in [-0.2, 0) is 0 Å². The quantitative estimate of drug-likeness (QED) is 0.726. The summed E-state index contributed by atoms with van der Waals surface area (Å²) in [7, 11) is 0. The molecule has 2 rings (SSSR count). The molecule has 104 valence electrons. The Morgan fingerprint density at radius 2 is 2.00 bits per heavy atom. The van der Waals surface area contributed by atoms with Crippen LogP contribution in [0.2, 0.25) is 0 Å². The molecule has 1 heterocycles. The van der Waals surface area contributed by atoms with Crippen LogP contribution in [0.15, 0.2) is 48.7 Å². The molecule has 4 heteroatoms. The van der Waals surface area contributed by atoms with Crippen LogP contribution in [0, 0.1) is 0 Å². The molecular weight excluding hydrogens is 252 g/mol. The number of aromatic nitrogens is 1. The molecule has 4 nitrogen and oxygen atoms in total. The number of pyridine rings is 1. The minimum absolute atomic E-state index is 0.574. The van der Waals surface area contributed by atoms with E-state index < -0.39 is 0 Å². The normalized spacial score (nSPS) is 10.1. The van der Waals surface area contributed by atoms with Crippen LogP contribution < -0.4 is 9.64 Å². The minimum atomic E-state index is 0.574. The van der Waals surface area contributed by atoms with Crippen LogP contribution in [-0.4, -0.2) is 31.0 Å². The van der Waals surface area contributed by atoms with Crippen molar-refractivity contribution in [2.75, 3.05) is 24.6 Å². The number of hydrogen-bond donors (Lipinski definition) is 0. The molecule has 0 saturated heterocycles. The summed E-state index contributed by atoms with van der Waals surface area (Å²) < 4.78 is 5.67. The lowest BCUT2D eigenvalue weighted by atomic mass is 10.2. The molecule has 0 bridgehead atoms. The lowest BCUT2D eigenvalue weighted by molar-refractivity contribution is 0.112. The fraction of sp³-hybridized carbons (Fsp3) is 0.250. The monoisotopic (exact) mass is 270 g/mol. The Balaban J connectivity index is 1.86. The zero-order valence-electron chi connectivity index (χ0n) is 11.5. The first-order chi connectivity index (χ1) is 9.83. The van der Waals surface area contributed by atoms with Crippen molar-refractivity contribution < 1.29 is 9.53 Å². The van der Waals surface area contributed by atoms with Gasteiger partial charge in [0.1, 0.15) is 24.5 Å². The minimum Gasteiger partial charge on any atom is -0.492 e. The van der Waals surface area contributed by atoms with Gasteiger partial charge in [0.2, 0.25) is 0 Å². The van der Waals surface area contributed by atoms with Gasteiger partial charge in [-0.05, 0) is 43.3 Å². The molecule has 0 radical (unpaired) electrons. The third-order valence-corrected chi connectivity index (χ3v) is 3.00. The fourth-order valence-electron chi connectivity index (χ4n) is 1.89. The summed E-state index contributed by atoms with van der Waals surface area (Å²) in [4.78, 5) is 17.0. The summed E-state index contributed by atoms with van der Waals surface area (Å²) in [5, 5.41) is 0. The Morgan fingerprint density at radius 3 is 2.60 bits per heavy atom. The van der Waals surface area contributed by atoms with Gasteiger partial charge in [-0.25, -0.2) is 4.98 Å². The molecule has 0 aliphatic carbocycles. The molecule has 0 amide bonds. The van der Waals surface area contributed by atoms with Crippen molar-refractivity contribution >= 4 is 12.1 Å². The van der Waals surface area contributed by atoms with Crippen molar-refractivity contribution in [2.45, 2.75) is 6.92 Å². The molecule has 0 aliphatic rings. The highest BCUT2D eigenvalue weighted by molar-refractivity contribution is 5.74. The molecular formula is C16H18N2O2. The highest BCUT2D eigenvalue weighted by Crippen LogP contribution is 2.12. The third kappa shape index (κ3) is 3.82. The number of hydrogen-bond acceptors (Lipinski definition) is 4. The van der Waals surface area contributed by atoms with Gasteiger partial charge in [0.25, 0.3) is 0 Å². The largest absolute Gasteiger partial charge is 0.492 e. The van der Waals surface area contributed by atoms with Gasteiger partial charge in [-0.3, -0.25) is 4.79 Å². The summed E-state index contributed by atoms with van der Waals surface area (Å²) in [5.74, 6) is 1.72.